The second-order valence-corrected chi connectivity index (χ2v) is 5.68. The van der Waals surface area contributed by atoms with Crippen LogP contribution >= 0.6 is 11.5 Å². The molecule has 0 bridgehead atoms. The first-order chi connectivity index (χ1) is 8.11. The van der Waals surface area contributed by atoms with E-state index in [0.29, 0.717) is 0 Å². The summed E-state index contributed by atoms with van der Waals surface area (Å²) in [6.45, 7) is 4.70. The van der Waals surface area contributed by atoms with Gasteiger partial charge in [-0.1, -0.05) is 4.49 Å². The molecule has 1 aromatic rings. The van der Waals surface area contributed by atoms with Crippen LogP contribution in [0.3, 0.4) is 0 Å². The van der Waals surface area contributed by atoms with Crippen LogP contribution in [-0.4, -0.2) is 45.3 Å². The van der Waals surface area contributed by atoms with E-state index >= 15 is 0 Å². The molecule has 96 valence electrons. The number of likely N-dealkylation sites (tertiary alicyclic amines) is 1. The number of nitrogens with zero attached hydrogens (tertiary/aromatic N) is 3. The second-order valence-electron chi connectivity index (χ2n) is 4.93. The largest absolute Gasteiger partial charge is 0.390 e. The summed E-state index contributed by atoms with van der Waals surface area (Å²) in [5.74, 6) is 0. The third-order valence-electron chi connectivity index (χ3n) is 3.31. The summed E-state index contributed by atoms with van der Waals surface area (Å²) < 4.78 is 3.96. The molecule has 6 heteroatoms. The lowest BCUT2D eigenvalue weighted by Gasteiger charge is -2.21. The zero-order valence-electron chi connectivity index (χ0n) is 10.4. The lowest BCUT2D eigenvalue weighted by Crippen LogP contribution is -2.28. The maximum absolute atomic E-state index is 10.0. The quantitative estimate of drug-likeness (QED) is 0.854. The molecule has 1 aliphatic rings. The molecule has 1 saturated heterocycles. The van der Waals surface area contributed by atoms with Crippen LogP contribution in [0.2, 0.25) is 0 Å². The highest BCUT2D eigenvalue weighted by molar-refractivity contribution is 7.10. The highest BCUT2D eigenvalue weighted by Crippen LogP contribution is 2.24. The molecule has 1 aliphatic heterocycles. The van der Waals surface area contributed by atoms with Gasteiger partial charge in [-0.3, -0.25) is 4.90 Å². The number of hydrogen-bond acceptors (Lipinski definition) is 6. The molecule has 2 heterocycles. The fourth-order valence-electron chi connectivity index (χ4n) is 2.19. The van der Waals surface area contributed by atoms with Crippen molar-refractivity contribution in [3.05, 3.63) is 5.69 Å². The molecule has 1 unspecified atom stereocenters. The Kier molecular flexibility index (Phi) is 3.96. The summed E-state index contributed by atoms with van der Waals surface area (Å²) >= 11 is 1.39. The SMILES string of the molecule is CNc1snnc1CN1CCCC(C)(O)CC1. The van der Waals surface area contributed by atoms with Crippen molar-refractivity contribution in [3.63, 3.8) is 0 Å². The smallest absolute Gasteiger partial charge is 0.134 e. The van der Waals surface area contributed by atoms with Gasteiger partial charge < -0.3 is 10.4 Å². The lowest BCUT2D eigenvalue weighted by atomic mass is 9.98. The van der Waals surface area contributed by atoms with E-state index in [1.807, 2.05) is 14.0 Å². The Hall–Kier alpha value is -0.720. The molecular weight excluding hydrogens is 236 g/mol. The topological polar surface area (TPSA) is 61.3 Å². The van der Waals surface area contributed by atoms with E-state index in [9.17, 15) is 5.11 Å². The van der Waals surface area contributed by atoms with Gasteiger partial charge in [0, 0.05) is 31.7 Å². The average Bonchev–Trinajstić information content (AvgIpc) is 2.65. The van der Waals surface area contributed by atoms with Crippen LogP contribution < -0.4 is 5.32 Å². The molecule has 1 atom stereocenters. The van der Waals surface area contributed by atoms with E-state index in [1.165, 1.54) is 11.5 Å². The normalized spacial score (nSPS) is 26.8. The average molecular weight is 256 g/mol. The fraction of sp³-hybridized carbons (Fsp3) is 0.818. The number of anilines is 1. The summed E-state index contributed by atoms with van der Waals surface area (Å²) in [5, 5.41) is 18.3. The maximum atomic E-state index is 10.0. The third kappa shape index (κ3) is 3.37. The van der Waals surface area contributed by atoms with E-state index in [0.717, 1.165) is 49.6 Å². The van der Waals surface area contributed by atoms with Gasteiger partial charge in [-0.05, 0) is 32.7 Å². The highest BCUT2D eigenvalue weighted by atomic mass is 32.1. The Morgan fingerprint density at radius 2 is 2.29 bits per heavy atom. The van der Waals surface area contributed by atoms with Crippen molar-refractivity contribution < 1.29 is 5.11 Å². The number of aromatic nitrogens is 2. The molecule has 0 aliphatic carbocycles. The zero-order chi connectivity index (χ0) is 12.3. The first-order valence-corrected chi connectivity index (χ1v) is 6.82. The number of hydrogen-bond donors (Lipinski definition) is 2. The number of aliphatic hydroxyl groups is 1. The van der Waals surface area contributed by atoms with E-state index in [1.54, 1.807) is 0 Å². The third-order valence-corrected chi connectivity index (χ3v) is 4.10. The molecule has 1 aromatic heterocycles. The molecule has 1 fully saturated rings. The minimum Gasteiger partial charge on any atom is -0.390 e. The predicted octanol–water partition coefficient (Wildman–Crippen LogP) is 1.32. The van der Waals surface area contributed by atoms with Gasteiger partial charge in [0.05, 0.1) is 5.60 Å². The first-order valence-electron chi connectivity index (χ1n) is 6.04. The van der Waals surface area contributed by atoms with Crippen molar-refractivity contribution in [1.29, 1.82) is 0 Å². The van der Waals surface area contributed by atoms with Crippen molar-refractivity contribution >= 4 is 16.5 Å². The molecule has 0 saturated carbocycles. The van der Waals surface area contributed by atoms with Gasteiger partial charge in [-0.15, -0.1) is 5.10 Å². The molecular formula is C11H20N4OS. The van der Waals surface area contributed by atoms with Gasteiger partial charge in [-0.2, -0.15) is 0 Å². The molecule has 17 heavy (non-hydrogen) atoms. The van der Waals surface area contributed by atoms with Crippen molar-refractivity contribution in [1.82, 2.24) is 14.5 Å². The number of rotatable bonds is 3. The lowest BCUT2D eigenvalue weighted by molar-refractivity contribution is 0.0444. The predicted molar refractivity (Wildman–Crippen MR) is 69.2 cm³/mol. The Bertz CT molecular complexity index is 366. The molecule has 0 spiro atoms. The van der Waals surface area contributed by atoms with Crippen LogP contribution in [0.4, 0.5) is 5.00 Å². The molecule has 2 rings (SSSR count). The van der Waals surface area contributed by atoms with Gasteiger partial charge in [0.25, 0.3) is 0 Å². The van der Waals surface area contributed by atoms with Crippen LogP contribution in [0.15, 0.2) is 0 Å². The molecule has 0 radical (unpaired) electrons. The summed E-state index contributed by atoms with van der Waals surface area (Å²) in [5.41, 5.74) is 0.514. The summed E-state index contributed by atoms with van der Waals surface area (Å²) in [6, 6.07) is 0. The van der Waals surface area contributed by atoms with Crippen molar-refractivity contribution in [2.75, 3.05) is 25.5 Å². The van der Waals surface area contributed by atoms with Crippen molar-refractivity contribution in [2.45, 2.75) is 38.3 Å². The molecule has 2 N–H and O–H groups in total. The fourth-order valence-corrected chi connectivity index (χ4v) is 2.71. The van der Waals surface area contributed by atoms with Gasteiger partial charge >= 0.3 is 0 Å². The Labute approximate surface area is 106 Å². The second kappa shape index (κ2) is 5.29. The van der Waals surface area contributed by atoms with Crippen molar-refractivity contribution in [2.24, 2.45) is 0 Å². The van der Waals surface area contributed by atoms with Gasteiger partial charge in [0.1, 0.15) is 10.7 Å². The minimum absolute atomic E-state index is 0.499. The van der Waals surface area contributed by atoms with Crippen molar-refractivity contribution in [3.8, 4) is 0 Å². The molecule has 0 amide bonds. The monoisotopic (exact) mass is 256 g/mol. The Balaban J connectivity index is 1.95. The summed E-state index contributed by atoms with van der Waals surface area (Å²) in [7, 11) is 1.89. The maximum Gasteiger partial charge on any atom is 0.134 e. The Morgan fingerprint density at radius 1 is 1.47 bits per heavy atom. The summed E-state index contributed by atoms with van der Waals surface area (Å²) in [6.07, 6.45) is 2.76. The van der Waals surface area contributed by atoms with Crippen LogP contribution in [-0.2, 0) is 6.54 Å². The van der Waals surface area contributed by atoms with E-state index in [2.05, 4.69) is 19.8 Å². The zero-order valence-corrected chi connectivity index (χ0v) is 11.3. The van der Waals surface area contributed by atoms with E-state index in [-0.39, 0.29) is 0 Å². The minimum atomic E-state index is -0.499. The number of nitrogens with one attached hydrogen (secondary N) is 1. The molecule has 0 aromatic carbocycles. The van der Waals surface area contributed by atoms with E-state index < -0.39 is 5.60 Å². The van der Waals surface area contributed by atoms with Gasteiger partial charge in [0.15, 0.2) is 0 Å². The first kappa shape index (κ1) is 12.7. The van der Waals surface area contributed by atoms with Gasteiger partial charge in [0.2, 0.25) is 0 Å². The van der Waals surface area contributed by atoms with Crippen LogP contribution in [0, 0.1) is 0 Å². The van der Waals surface area contributed by atoms with Crippen LogP contribution in [0.5, 0.6) is 0 Å². The van der Waals surface area contributed by atoms with Crippen LogP contribution in [0.1, 0.15) is 31.9 Å². The van der Waals surface area contributed by atoms with Gasteiger partial charge in [-0.25, -0.2) is 0 Å². The summed E-state index contributed by atoms with van der Waals surface area (Å²) in [4.78, 5) is 2.35. The highest BCUT2D eigenvalue weighted by Gasteiger charge is 2.25. The van der Waals surface area contributed by atoms with Crippen LogP contribution in [0.25, 0.3) is 0 Å². The van der Waals surface area contributed by atoms with E-state index in [4.69, 9.17) is 0 Å². The molecule has 5 nitrogen and oxygen atoms in total. The Morgan fingerprint density at radius 3 is 3.06 bits per heavy atom. The standard InChI is InChI=1S/C11H20N4OS/c1-11(16)4-3-6-15(7-5-11)8-9-10(12-2)17-14-13-9/h12,16H,3-8H2,1-2H3.